The molecule has 23 heavy (non-hydrogen) atoms. The summed E-state index contributed by atoms with van der Waals surface area (Å²) < 4.78 is 30.9. The van der Waals surface area contributed by atoms with Gasteiger partial charge >= 0.3 is 6.03 Å². The van der Waals surface area contributed by atoms with Crippen LogP contribution in [0.25, 0.3) is 0 Å². The Morgan fingerprint density at radius 3 is 2.83 bits per heavy atom. The molecule has 0 aliphatic carbocycles. The predicted molar refractivity (Wildman–Crippen MR) is 79.1 cm³/mol. The van der Waals surface area contributed by atoms with E-state index in [0.717, 1.165) is 12.1 Å². The van der Waals surface area contributed by atoms with Gasteiger partial charge < -0.3 is 20.5 Å². The Morgan fingerprint density at radius 2 is 2.13 bits per heavy atom. The monoisotopic (exact) mass is 323 g/mol. The van der Waals surface area contributed by atoms with Crippen LogP contribution in [0.15, 0.2) is 36.5 Å². The molecule has 3 N–H and O–H groups in total. The lowest BCUT2D eigenvalue weighted by Gasteiger charge is -2.14. The van der Waals surface area contributed by atoms with Gasteiger partial charge in [-0.2, -0.15) is 0 Å². The van der Waals surface area contributed by atoms with Crippen LogP contribution in [0.4, 0.5) is 19.3 Å². The molecule has 122 valence electrons. The van der Waals surface area contributed by atoms with Gasteiger partial charge in [0.1, 0.15) is 5.69 Å². The van der Waals surface area contributed by atoms with Crippen LogP contribution >= 0.6 is 0 Å². The van der Waals surface area contributed by atoms with Crippen molar-refractivity contribution < 1.29 is 23.4 Å². The van der Waals surface area contributed by atoms with E-state index in [1.807, 2.05) is 0 Å². The van der Waals surface area contributed by atoms with Crippen molar-refractivity contribution in [1.29, 1.82) is 0 Å². The van der Waals surface area contributed by atoms with Crippen LogP contribution in [-0.2, 0) is 0 Å². The Morgan fingerprint density at radius 1 is 1.35 bits per heavy atom. The molecule has 0 spiro atoms. The molecular weight excluding hydrogens is 308 g/mol. The zero-order valence-corrected chi connectivity index (χ0v) is 12.2. The number of nitrogens with zero attached hydrogens (tertiary/aromatic N) is 1. The number of methoxy groups -OCH3 is 1. The number of ether oxygens (including phenoxy) is 1. The van der Waals surface area contributed by atoms with Crippen LogP contribution in [0.3, 0.4) is 0 Å². The molecule has 1 aromatic carbocycles. The van der Waals surface area contributed by atoms with Crippen molar-refractivity contribution in [2.24, 2.45) is 0 Å². The topological polar surface area (TPSA) is 83.5 Å². The van der Waals surface area contributed by atoms with Gasteiger partial charge in [0.2, 0.25) is 5.88 Å². The highest BCUT2D eigenvalue weighted by Gasteiger charge is 2.13. The van der Waals surface area contributed by atoms with Crippen molar-refractivity contribution in [3.05, 3.63) is 53.7 Å². The summed E-state index contributed by atoms with van der Waals surface area (Å²) in [5.74, 6) is -1.83. The fourth-order valence-corrected chi connectivity index (χ4v) is 1.84. The first kappa shape index (κ1) is 16.6. The summed E-state index contributed by atoms with van der Waals surface area (Å²) in [6.07, 6.45) is 0.334. The van der Waals surface area contributed by atoms with Crippen LogP contribution in [-0.4, -0.2) is 29.8 Å². The molecule has 2 amide bonds. The molecule has 0 aliphatic heterocycles. The average molecular weight is 323 g/mol. The number of carbonyl (C=O) groups is 1. The van der Waals surface area contributed by atoms with Crippen molar-refractivity contribution in [2.75, 3.05) is 19.0 Å². The number of pyridine rings is 1. The minimum atomic E-state index is -1.17. The number of aliphatic hydroxyl groups is 1. The summed E-state index contributed by atoms with van der Waals surface area (Å²) in [6, 6.07) is 5.65. The molecule has 6 nitrogen and oxygen atoms in total. The van der Waals surface area contributed by atoms with Crippen LogP contribution in [0.2, 0.25) is 0 Å². The van der Waals surface area contributed by atoms with Crippen molar-refractivity contribution in [1.82, 2.24) is 10.3 Å². The summed E-state index contributed by atoms with van der Waals surface area (Å²) >= 11 is 0. The summed E-state index contributed by atoms with van der Waals surface area (Å²) in [5, 5.41) is 14.8. The maximum Gasteiger partial charge on any atom is 0.319 e. The molecular formula is C15H15F2N3O3. The zero-order chi connectivity index (χ0) is 16.8. The first-order valence-corrected chi connectivity index (χ1v) is 6.68. The predicted octanol–water partition coefficient (Wildman–Crippen LogP) is 2.22. The number of nitrogens with one attached hydrogen (secondary N) is 2. The highest BCUT2D eigenvalue weighted by Crippen LogP contribution is 2.19. The third-order valence-electron chi connectivity index (χ3n) is 3.00. The van der Waals surface area contributed by atoms with E-state index in [-0.39, 0.29) is 18.0 Å². The number of halogens is 2. The van der Waals surface area contributed by atoms with E-state index >= 15 is 0 Å². The normalized spacial score (nSPS) is 11.7. The lowest BCUT2D eigenvalue weighted by molar-refractivity contribution is 0.174. The summed E-state index contributed by atoms with van der Waals surface area (Å²) in [7, 11) is 1.41. The second kappa shape index (κ2) is 7.50. The lowest BCUT2D eigenvalue weighted by Crippen LogP contribution is -2.32. The molecule has 2 rings (SSSR count). The first-order valence-electron chi connectivity index (χ1n) is 6.68. The molecule has 8 heteroatoms. The van der Waals surface area contributed by atoms with Crippen LogP contribution in [0.1, 0.15) is 11.7 Å². The molecule has 0 bridgehead atoms. The maximum atomic E-state index is 13.1. The SMILES string of the molecule is COc1ncccc1NC(=O)NC[C@H](O)c1ccc(F)c(F)c1. The van der Waals surface area contributed by atoms with Crippen molar-refractivity contribution in [2.45, 2.75) is 6.10 Å². The van der Waals surface area contributed by atoms with E-state index in [1.165, 1.54) is 19.4 Å². The van der Waals surface area contributed by atoms with Gasteiger partial charge in [0.15, 0.2) is 11.6 Å². The fraction of sp³-hybridized carbons (Fsp3) is 0.200. The van der Waals surface area contributed by atoms with Crippen molar-refractivity contribution in [3.8, 4) is 5.88 Å². The molecule has 0 unspecified atom stereocenters. The van der Waals surface area contributed by atoms with Gasteiger partial charge in [-0.1, -0.05) is 6.07 Å². The number of urea groups is 1. The van der Waals surface area contributed by atoms with Gasteiger partial charge in [-0.25, -0.2) is 18.6 Å². The standard InChI is InChI=1S/C15H15F2N3O3/c1-23-14-12(3-2-6-18-14)20-15(22)19-8-13(21)9-4-5-10(16)11(17)7-9/h2-7,13,21H,8H2,1H3,(H2,19,20,22)/t13-/m0/s1. The molecule has 0 radical (unpaired) electrons. The third-order valence-corrected chi connectivity index (χ3v) is 3.00. The van der Waals surface area contributed by atoms with E-state index in [9.17, 15) is 18.7 Å². The molecule has 0 saturated heterocycles. The van der Waals surface area contributed by atoms with Gasteiger partial charge in [-0.3, -0.25) is 0 Å². The van der Waals surface area contributed by atoms with Crippen molar-refractivity contribution >= 4 is 11.7 Å². The van der Waals surface area contributed by atoms with E-state index in [4.69, 9.17) is 4.74 Å². The Hall–Kier alpha value is -2.74. The summed E-state index contributed by atoms with van der Waals surface area (Å²) in [6.45, 7) is -0.181. The number of hydrogen-bond acceptors (Lipinski definition) is 4. The van der Waals surface area contributed by atoms with Gasteiger partial charge in [0, 0.05) is 12.7 Å². The quantitative estimate of drug-likeness (QED) is 0.788. The zero-order valence-electron chi connectivity index (χ0n) is 12.2. The number of carbonyl (C=O) groups excluding carboxylic acids is 1. The lowest BCUT2D eigenvalue weighted by atomic mass is 10.1. The minimum absolute atomic E-state index is 0.156. The summed E-state index contributed by atoms with van der Waals surface area (Å²) in [5.41, 5.74) is 0.512. The van der Waals surface area contributed by atoms with E-state index < -0.39 is 23.8 Å². The van der Waals surface area contributed by atoms with E-state index in [0.29, 0.717) is 5.69 Å². The Kier molecular flexibility index (Phi) is 5.42. The number of aliphatic hydroxyl groups excluding tert-OH is 1. The van der Waals surface area contributed by atoms with Crippen LogP contribution in [0, 0.1) is 11.6 Å². The molecule has 1 atom stereocenters. The van der Waals surface area contributed by atoms with E-state index in [2.05, 4.69) is 15.6 Å². The van der Waals surface area contributed by atoms with Gasteiger partial charge in [-0.15, -0.1) is 0 Å². The second-order valence-corrected chi connectivity index (χ2v) is 4.58. The smallest absolute Gasteiger partial charge is 0.319 e. The Balaban J connectivity index is 1.92. The molecule has 0 saturated carbocycles. The highest BCUT2D eigenvalue weighted by atomic mass is 19.2. The summed E-state index contributed by atoms with van der Waals surface area (Å²) in [4.78, 5) is 15.7. The number of anilines is 1. The number of rotatable bonds is 5. The first-order chi connectivity index (χ1) is 11.0. The van der Waals surface area contributed by atoms with Gasteiger partial charge in [0.25, 0.3) is 0 Å². The number of amides is 2. The van der Waals surface area contributed by atoms with Gasteiger partial charge in [0.05, 0.1) is 13.2 Å². The Bertz CT molecular complexity index is 697. The number of hydrogen-bond donors (Lipinski definition) is 3. The molecule has 1 heterocycles. The van der Waals surface area contributed by atoms with Crippen LogP contribution in [0.5, 0.6) is 5.88 Å². The third kappa shape index (κ3) is 4.36. The highest BCUT2D eigenvalue weighted by molar-refractivity contribution is 5.90. The van der Waals surface area contributed by atoms with E-state index in [1.54, 1.807) is 12.1 Å². The Labute approximate surface area is 131 Å². The molecule has 0 aliphatic rings. The largest absolute Gasteiger partial charge is 0.480 e. The molecule has 1 aromatic heterocycles. The van der Waals surface area contributed by atoms with Crippen molar-refractivity contribution in [3.63, 3.8) is 0 Å². The maximum absolute atomic E-state index is 13.1. The molecule has 2 aromatic rings. The van der Waals surface area contributed by atoms with Gasteiger partial charge in [-0.05, 0) is 29.8 Å². The minimum Gasteiger partial charge on any atom is -0.480 e. The average Bonchev–Trinajstić information content (AvgIpc) is 2.55. The van der Waals surface area contributed by atoms with Crippen LogP contribution < -0.4 is 15.4 Å². The number of aromatic nitrogens is 1. The fourth-order valence-electron chi connectivity index (χ4n) is 1.84. The molecule has 0 fully saturated rings. The number of benzene rings is 1. The second-order valence-electron chi connectivity index (χ2n) is 4.58.